The summed E-state index contributed by atoms with van der Waals surface area (Å²) < 4.78 is 0. The second kappa shape index (κ2) is 10.2. The van der Waals surface area contributed by atoms with Crippen molar-refractivity contribution in [1.29, 1.82) is 0 Å². The van der Waals surface area contributed by atoms with Gasteiger partial charge in [0.15, 0.2) is 10.8 Å². The van der Waals surface area contributed by atoms with E-state index < -0.39 is 0 Å². The van der Waals surface area contributed by atoms with Crippen LogP contribution in [0.3, 0.4) is 0 Å². The lowest BCUT2D eigenvalue weighted by molar-refractivity contribution is 0.248. The molecule has 0 N–H and O–H groups in total. The van der Waals surface area contributed by atoms with Crippen LogP contribution in [0, 0.1) is 0 Å². The highest BCUT2D eigenvalue weighted by Gasteiger charge is 2.26. The third kappa shape index (κ3) is 4.62. The molecule has 1 aliphatic heterocycles. The number of hydrogen-bond acceptors (Lipinski definition) is 6. The third-order valence-corrected chi connectivity index (χ3v) is 7.42. The maximum atomic E-state index is 5.03. The molecule has 0 spiro atoms. The molecule has 1 saturated heterocycles. The number of pyridine rings is 2. The van der Waals surface area contributed by atoms with E-state index in [1.807, 2.05) is 37.0 Å². The van der Waals surface area contributed by atoms with Crippen molar-refractivity contribution in [1.82, 2.24) is 24.8 Å². The Morgan fingerprint density at radius 1 is 0.917 bits per heavy atom. The summed E-state index contributed by atoms with van der Waals surface area (Å²) in [6.07, 6.45) is 10.1. The van der Waals surface area contributed by atoms with Crippen LogP contribution in [0.4, 0.5) is 0 Å². The van der Waals surface area contributed by atoms with Gasteiger partial charge in [-0.1, -0.05) is 72.4 Å². The fourth-order valence-corrected chi connectivity index (χ4v) is 5.41. The Kier molecular flexibility index (Phi) is 6.45. The van der Waals surface area contributed by atoms with Crippen LogP contribution < -0.4 is 0 Å². The Hall–Kier alpha value is -3.61. The monoisotopic (exact) mass is 489 g/mol. The summed E-state index contributed by atoms with van der Waals surface area (Å²) in [7, 11) is 0. The molecule has 5 nitrogen and oxygen atoms in total. The largest absolute Gasteiger partial charge is 0.292 e. The average Bonchev–Trinajstić information content (AvgIpc) is 3.41. The fraction of sp³-hybridized carbons (Fsp3) is 0.200. The van der Waals surface area contributed by atoms with Crippen molar-refractivity contribution < 1.29 is 0 Å². The average molecular weight is 490 g/mol. The summed E-state index contributed by atoms with van der Waals surface area (Å²) in [5.74, 6) is 0. The number of hydrogen-bond donors (Lipinski definition) is 0. The second-order valence-electron chi connectivity index (χ2n) is 9.13. The van der Waals surface area contributed by atoms with Crippen LogP contribution in [0.25, 0.3) is 33.4 Å². The summed E-state index contributed by atoms with van der Waals surface area (Å²) in [4.78, 5) is 21.1. The number of thioether (sulfide) groups is 1. The minimum absolute atomic E-state index is 0.440. The van der Waals surface area contributed by atoms with Gasteiger partial charge < -0.3 is 0 Å². The lowest BCUT2D eigenvalue weighted by atomic mass is 9.97. The lowest BCUT2D eigenvalue weighted by Crippen LogP contribution is -2.22. The molecular weight excluding hydrogens is 462 g/mol. The molecule has 1 unspecified atom stereocenters. The molecule has 1 atom stereocenters. The zero-order chi connectivity index (χ0) is 24.3. The summed E-state index contributed by atoms with van der Waals surface area (Å²) in [5.41, 5.74) is 7.61. The van der Waals surface area contributed by atoms with Crippen molar-refractivity contribution >= 4 is 22.8 Å². The SMILES string of the molecule is CSc1ncc2cc(-c3ccccc3)c(-c3ccc(CN4CCCC4c4cccnc4)cc3)nc2n1. The van der Waals surface area contributed by atoms with E-state index in [2.05, 4.69) is 80.5 Å². The molecular formula is C30H27N5S. The molecule has 4 heterocycles. The molecule has 2 aromatic carbocycles. The summed E-state index contributed by atoms with van der Waals surface area (Å²) >= 11 is 1.53. The van der Waals surface area contributed by atoms with Gasteiger partial charge in [-0.05, 0) is 54.5 Å². The summed E-state index contributed by atoms with van der Waals surface area (Å²) in [6, 6.07) is 26.1. The van der Waals surface area contributed by atoms with E-state index >= 15 is 0 Å². The Balaban J connectivity index is 1.34. The van der Waals surface area contributed by atoms with Crippen molar-refractivity contribution in [2.24, 2.45) is 0 Å². The lowest BCUT2D eigenvalue weighted by Gasteiger charge is -2.24. The maximum Gasteiger partial charge on any atom is 0.189 e. The Bertz CT molecular complexity index is 1470. The summed E-state index contributed by atoms with van der Waals surface area (Å²) in [6.45, 7) is 2.05. The van der Waals surface area contributed by atoms with Crippen LogP contribution in [0.1, 0.15) is 30.0 Å². The van der Waals surface area contributed by atoms with Gasteiger partial charge in [-0.25, -0.2) is 15.0 Å². The quantitative estimate of drug-likeness (QED) is 0.193. The zero-order valence-electron chi connectivity index (χ0n) is 20.2. The minimum Gasteiger partial charge on any atom is -0.292 e. The number of aromatic nitrogens is 4. The molecule has 3 aromatic heterocycles. The normalized spacial score (nSPS) is 16.0. The van der Waals surface area contributed by atoms with Crippen LogP contribution >= 0.6 is 11.8 Å². The molecule has 1 aliphatic rings. The molecule has 0 saturated carbocycles. The van der Waals surface area contributed by atoms with Crippen LogP contribution in [0.15, 0.2) is 96.5 Å². The van der Waals surface area contributed by atoms with Crippen molar-refractivity contribution in [2.75, 3.05) is 12.8 Å². The number of rotatable bonds is 6. The number of fused-ring (bicyclic) bond motifs is 1. The number of benzene rings is 2. The van der Waals surface area contributed by atoms with E-state index in [9.17, 15) is 0 Å². The van der Waals surface area contributed by atoms with Crippen LogP contribution in [-0.4, -0.2) is 37.6 Å². The van der Waals surface area contributed by atoms with Crippen LogP contribution in [0.2, 0.25) is 0 Å². The van der Waals surface area contributed by atoms with Gasteiger partial charge in [0.1, 0.15) is 0 Å². The van der Waals surface area contributed by atoms with Gasteiger partial charge in [-0.2, -0.15) is 0 Å². The van der Waals surface area contributed by atoms with Gasteiger partial charge >= 0.3 is 0 Å². The number of nitrogens with zero attached hydrogens (tertiary/aromatic N) is 5. The van der Waals surface area contributed by atoms with Gasteiger partial charge in [0, 0.05) is 47.7 Å². The maximum absolute atomic E-state index is 5.03. The van der Waals surface area contributed by atoms with E-state index in [0.29, 0.717) is 6.04 Å². The molecule has 0 radical (unpaired) electrons. The van der Waals surface area contributed by atoms with Crippen LogP contribution in [0.5, 0.6) is 0 Å². The van der Waals surface area contributed by atoms with Gasteiger partial charge in [0.05, 0.1) is 5.69 Å². The van der Waals surface area contributed by atoms with E-state index in [1.54, 1.807) is 0 Å². The molecule has 0 aliphatic carbocycles. The third-order valence-electron chi connectivity index (χ3n) is 6.86. The molecule has 0 amide bonds. The molecule has 178 valence electrons. The molecule has 36 heavy (non-hydrogen) atoms. The van der Waals surface area contributed by atoms with E-state index in [0.717, 1.165) is 51.7 Å². The predicted molar refractivity (Wildman–Crippen MR) is 147 cm³/mol. The molecule has 5 aromatic rings. The molecule has 6 heteroatoms. The van der Waals surface area contributed by atoms with Crippen molar-refractivity contribution in [2.45, 2.75) is 30.6 Å². The van der Waals surface area contributed by atoms with E-state index in [-0.39, 0.29) is 0 Å². The highest BCUT2D eigenvalue weighted by Crippen LogP contribution is 2.35. The number of likely N-dealkylation sites (tertiary alicyclic amines) is 1. The standard InChI is InChI=1S/C30H27N5S/c1-36-30-32-19-25-17-26(22-7-3-2-4-8-22)28(33-29(25)34-30)23-13-11-21(12-14-23)20-35-16-6-10-27(35)24-9-5-15-31-18-24/h2-5,7-9,11-15,17-19,27H,6,10,16,20H2,1H3. The van der Waals surface area contributed by atoms with E-state index in [1.165, 1.54) is 35.7 Å². The fourth-order valence-electron chi connectivity index (χ4n) is 5.07. The molecule has 0 bridgehead atoms. The van der Waals surface area contributed by atoms with Crippen molar-refractivity contribution in [3.63, 3.8) is 0 Å². The van der Waals surface area contributed by atoms with Gasteiger partial charge in [-0.15, -0.1) is 0 Å². The van der Waals surface area contributed by atoms with Gasteiger partial charge in [0.2, 0.25) is 0 Å². The zero-order valence-corrected chi connectivity index (χ0v) is 21.0. The first-order valence-corrected chi connectivity index (χ1v) is 13.5. The second-order valence-corrected chi connectivity index (χ2v) is 9.91. The Labute approximate surface area is 215 Å². The molecule has 6 rings (SSSR count). The predicted octanol–water partition coefficient (Wildman–Crippen LogP) is 6.81. The highest BCUT2D eigenvalue weighted by molar-refractivity contribution is 7.98. The van der Waals surface area contributed by atoms with Gasteiger partial charge in [-0.3, -0.25) is 9.88 Å². The summed E-state index contributed by atoms with van der Waals surface area (Å²) in [5, 5.41) is 1.68. The topological polar surface area (TPSA) is 54.8 Å². The van der Waals surface area contributed by atoms with Crippen molar-refractivity contribution in [3.8, 4) is 22.4 Å². The Morgan fingerprint density at radius 2 is 1.78 bits per heavy atom. The minimum atomic E-state index is 0.440. The van der Waals surface area contributed by atoms with Crippen molar-refractivity contribution in [3.05, 3.63) is 103 Å². The highest BCUT2D eigenvalue weighted by atomic mass is 32.2. The molecule has 1 fully saturated rings. The van der Waals surface area contributed by atoms with E-state index in [4.69, 9.17) is 4.98 Å². The van der Waals surface area contributed by atoms with Gasteiger partial charge in [0.25, 0.3) is 0 Å². The first-order chi connectivity index (χ1) is 17.8. The smallest absolute Gasteiger partial charge is 0.189 e. The first kappa shape index (κ1) is 22.8. The Morgan fingerprint density at radius 3 is 2.56 bits per heavy atom. The first-order valence-electron chi connectivity index (χ1n) is 12.3. The van der Waals surface area contributed by atoms with Crippen LogP contribution in [-0.2, 0) is 6.54 Å².